The van der Waals surface area contributed by atoms with Crippen LogP contribution in [0.4, 0.5) is 10.1 Å². The van der Waals surface area contributed by atoms with Crippen LogP contribution in [-0.2, 0) is 26.1 Å². The SMILES string of the molecule is Cc1cc(-n2nc3c(c2-n2ccn(-c4ccc(P(C)(C)=O)c(N)c4)c2=O)[C@H](C)N(C(=O)c2cc4cc(C5CCOCC5)ccc4n2[C@@]2(C4=NOC(O)N4)C[C@@H]2C)CC3)cc(C)c1F. The van der Waals surface area contributed by atoms with Gasteiger partial charge in [-0.1, -0.05) is 18.1 Å². The third kappa shape index (κ3) is 6.55. The molecule has 4 atom stereocenters. The number of aliphatic hydroxyl groups is 1. The van der Waals surface area contributed by atoms with Crippen molar-refractivity contribution in [1.82, 2.24) is 33.7 Å². The molecule has 6 aromatic rings. The number of oxime groups is 1. The van der Waals surface area contributed by atoms with E-state index < -0.39 is 30.8 Å². The number of carbonyl (C=O) groups excluding carboxylic acids is 1. The zero-order valence-corrected chi connectivity index (χ0v) is 37.0. The van der Waals surface area contributed by atoms with Crippen molar-refractivity contribution in [2.75, 3.05) is 38.8 Å². The molecule has 17 heteroatoms. The maximum Gasteiger partial charge on any atom is 0.338 e. The average molecular weight is 876 g/mol. The number of nitrogens with one attached hydrogen (secondary N) is 1. The van der Waals surface area contributed by atoms with Gasteiger partial charge in [0, 0.05) is 66.0 Å². The number of nitrogens with zero attached hydrogens (tertiary/aromatic N) is 7. The van der Waals surface area contributed by atoms with Crippen molar-refractivity contribution in [1.29, 1.82) is 0 Å². The molecule has 1 unspecified atom stereocenters. The summed E-state index contributed by atoms with van der Waals surface area (Å²) in [7, 11) is -2.68. The van der Waals surface area contributed by atoms with E-state index >= 15 is 9.18 Å². The fourth-order valence-electron chi connectivity index (χ4n) is 10.2. The molecule has 3 aromatic heterocycles. The van der Waals surface area contributed by atoms with Crippen LogP contribution in [0.25, 0.3) is 28.1 Å². The second-order valence-electron chi connectivity index (χ2n) is 18.0. The number of hydrogen-bond acceptors (Lipinski definition) is 10. The van der Waals surface area contributed by atoms with Gasteiger partial charge < -0.3 is 39.8 Å². The highest BCUT2D eigenvalue weighted by Crippen LogP contribution is 2.54. The monoisotopic (exact) mass is 875 g/mol. The van der Waals surface area contributed by atoms with Gasteiger partial charge in [-0.25, -0.2) is 13.9 Å². The Kier molecular flexibility index (Phi) is 9.66. The maximum atomic E-state index is 15.5. The lowest BCUT2D eigenvalue weighted by Crippen LogP contribution is -2.44. The van der Waals surface area contributed by atoms with E-state index in [9.17, 15) is 14.5 Å². The summed E-state index contributed by atoms with van der Waals surface area (Å²) in [6, 6.07) is 16.3. The summed E-state index contributed by atoms with van der Waals surface area (Å²) in [6.07, 6.45) is 4.89. The van der Waals surface area contributed by atoms with E-state index in [0.29, 0.717) is 101 Å². The summed E-state index contributed by atoms with van der Waals surface area (Å²) in [5.74, 6) is 0.743. The van der Waals surface area contributed by atoms with Gasteiger partial charge in [-0.15, -0.1) is 0 Å². The van der Waals surface area contributed by atoms with Gasteiger partial charge in [0.1, 0.15) is 30.0 Å². The number of anilines is 1. The molecule has 6 heterocycles. The zero-order chi connectivity index (χ0) is 44.3. The van der Waals surface area contributed by atoms with Gasteiger partial charge in [-0.3, -0.25) is 13.9 Å². The van der Waals surface area contributed by atoms with Crippen molar-refractivity contribution in [3.8, 4) is 17.2 Å². The number of rotatable bonds is 8. The van der Waals surface area contributed by atoms with Crippen LogP contribution in [0.5, 0.6) is 0 Å². The van der Waals surface area contributed by atoms with Crippen molar-refractivity contribution < 1.29 is 28.4 Å². The number of aromatic nitrogens is 5. The Balaban J connectivity index is 1.11. The molecule has 1 aliphatic carbocycles. The summed E-state index contributed by atoms with van der Waals surface area (Å²) >= 11 is 0. The van der Waals surface area contributed by atoms with Crippen molar-refractivity contribution in [3.63, 3.8) is 0 Å². The Morgan fingerprint density at radius 1 is 1.00 bits per heavy atom. The van der Waals surface area contributed by atoms with Crippen molar-refractivity contribution in [2.45, 2.75) is 77.3 Å². The molecule has 0 bridgehead atoms. The third-order valence-electron chi connectivity index (χ3n) is 13.6. The van der Waals surface area contributed by atoms with Crippen LogP contribution in [0.3, 0.4) is 0 Å². The number of benzene rings is 3. The number of carbonyl (C=O) groups is 1. The standard InChI is InChI=1S/C46H51FN9O6P/c1-25-19-33(20-26(2)40(25)47)56-41(54-16-15-53(45(54)59)32-8-10-38(34(48)23-32)63(5,6)60)39-28(4)52(14-11-35(39)50-56)42(57)37-22-31-21-30(29-12-17-61-18-13-29)7-9-36(31)55(37)46(24-27(46)3)43-49-44(58)62-51-43/h7-10,15-16,19-23,27-29,44,58H,11-14,17-18,24,48H2,1-6H3,(H,49,51)/t27-,28-,44?,46-/m0/s1. The van der Waals surface area contributed by atoms with E-state index in [1.165, 1.54) is 14.7 Å². The highest BCUT2D eigenvalue weighted by molar-refractivity contribution is 7.70. The van der Waals surface area contributed by atoms with E-state index in [4.69, 9.17) is 20.4 Å². The summed E-state index contributed by atoms with van der Waals surface area (Å²) in [5, 5.41) is 24.2. The first-order valence-electron chi connectivity index (χ1n) is 21.4. The summed E-state index contributed by atoms with van der Waals surface area (Å²) < 4.78 is 40.4. The van der Waals surface area contributed by atoms with Crippen molar-refractivity contribution in [3.05, 3.63) is 117 Å². The molecular weight excluding hydrogens is 825 g/mol. The van der Waals surface area contributed by atoms with Crippen LogP contribution in [0.1, 0.15) is 83.5 Å². The molecule has 1 saturated heterocycles. The number of nitrogens with two attached hydrogens (primary N) is 1. The summed E-state index contributed by atoms with van der Waals surface area (Å²) in [6.45, 7) is 12.5. The number of aliphatic hydroxyl groups excluding tert-OH is 1. The molecule has 0 spiro atoms. The fraction of sp³-hybridized carbons (Fsp3) is 0.391. The predicted molar refractivity (Wildman–Crippen MR) is 239 cm³/mol. The number of ether oxygens (including phenoxy) is 1. The van der Waals surface area contributed by atoms with Gasteiger partial charge in [0.15, 0.2) is 5.84 Å². The molecular formula is C46H51FN9O6P. The van der Waals surface area contributed by atoms with Gasteiger partial charge in [-0.2, -0.15) is 5.10 Å². The van der Waals surface area contributed by atoms with Crippen LogP contribution in [0, 0.1) is 25.6 Å². The first-order chi connectivity index (χ1) is 30.1. The molecule has 15 nitrogen and oxygen atoms in total. The minimum atomic E-state index is -2.68. The number of halogens is 1. The second kappa shape index (κ2) is 14.8. The molecule has 3 aromatic carbocycles. The number of amidine groups is 1. The molecule has 328 valence electrons. The third-order valence-corrected chi connectivity index (χ3v) is 15.1. The molecule has 10 rings (SSSR count). The molecule has 4 aliphatic rings. The van der Waals surface area contributed by atoms with Gasteiger partial charge >= 0.3 is 12.1 Å². The smallest absolute Gasteiger partial charge is 0.338 e. The van der Waals surface area contributed by atoms with E-state index in [-0.39, 0.29) is 17.6 Å². The number of imidazole rings is 1. The van der Waals surface area contributed by atoms with Gasteiger partial charge in [0.2, 0.25) is 0 Å². The van der Waals surface area contributed by atoms with E-state index in [0.717, 1.165) is 23.7 Å². The topological polar surface area (TPSA) is 176 Å². The molecule has 1 amide bonds. The van der Waals surface area contributed by atoms with E-state index in [1.807, 2.05) is 17.9 Å². The second-order valence-corrected chi connectivity index (χ2v) is 21.2. The van der Waals surface area contributed by atoms with Crippen LogP contribution < -0.4 is 22.0 Å². The Morgan fingerprint density at radius 2 is 1.71 bits per heavy atom. The van der Waals surface area contributed by atoms with Gasteiger partial charge in [0.25, 0.3) is 5.91 Å². The zero-order valence-electron chi connectivity index (χ0n) is 36.1. The van der Waals surface area contributed by atoms with Crippen molar-refractivity contribution >= 4 is 40.8 Å². The van der Waals surface area contributed by atoms with Crippen LogP contribution in [-0.4, -0.2) is 84.7 Å². The van der Waals surface area contributed by atoms with E-state index in [2.05, 4.69) is 40.2 Å². The number of hydrogen-bond donors (Lipinski definition) is 3. The Hall–Kier alpha value is -5.96. The van der Waals surface area contributed by atoms with Gasteiger partial charge in [-0.05, 0) is 130 Å². The Labute approximate surface area is 363 Å². The number of amides is 1. The fourth-order valence-corrected chi connectivity index (χ4v) is 11.3. The molecule has 4 N–H and O–H groups in total. The minimum Gasteiger partial charge on any atom is -0.398 e. The lowest BCUT2D eigenvalue weighted by atomic mass is 9.91. The number of aryl methyl sites for hydroxylation is 2. The normalized spacial score (nSPS) is 22.5. The number of nitrogen functional groups attached to an aromatic ring is 1. The largest absolute Gasteiger partial charge is 0.398 e. The highest BCUT2D eigenvalue weighted by Gasteiger charge is 2.61. The lowest BCUT2D eigenvalue weighted by Gasteiger charge is -2.34. The van der Waals surface area contributed by atoms with Crippen LogP contribution >= 0.6 is 7.14 Å². The summed E-state index contributed by atoms with van der Waals surface area (Å²) in [5.41, 5.74) is 11.3. The Bertz CT molecular complexity index is 2990. The van der Waals surface area contributed by atoms with Crippen LogP contribution in [0.2, 0.25) is 0 Å². The molecule has 0 radical (unpaired) electrons. The van der Waals surface area contributed by atoms with Crippen molar-refractivity contribution in [2.24, 2.45) is 11.1 Å². The number of fused-ring (bicyclic) bond motifs is 2. The van der Waals surface area contributed by atoms with Crippen LogP contribution in [0.15, 0.2) is 76.9 Å². The quantitative estimate of drug-likeness (QED) is 0.123. The molecule has 63 heavy (non-hydrogen) atoms. The molecule has 3 aliphatic heterocycles. The predicted octanol–water partition coefficient (Wildman–Crippen LogP) is 5.95. The van der Waals surface area contributed by atoms with Gasteiger partial charge in [0.05, 0.1) is 23.1 Å². The maximum absolute atomic E-state index is 15.5. The first-order valence-corrected chi connectivity index (χ1v) is 24.0. The molecule has 1 saturated carbocycles. The Morgan fingerprint density at radius 3 is 2.37 bits per heavy atom. The first kappa shape index (κ1) is 41.1. The molecule has 2 fully saturated rings. The average Bonchev–Trinajstić information content (AvgIpc) is 3.75. The van der Waals surface area contributed by atoms with E-state index in [1.54, 1.807) is 74.6 Å². The lowest BCUT2D eigenvalue weighted by molar-refractivity contribution is -0.0896. The summed E-state index contributed by atoms with van der Waals surface area (Å²) in [4.78, 5) is 37.2. The minimum absolute atomic E-state index is 0.0590. The highest BCUT2D eigenvalue weighted by atomic mass is 31.2.